The molecule has 79 heavy (non-hydrogen) atoms. The minimum Gasteiger partial charge on any atom is -0.466 e. The van der Waals surface area contributed by atoms with Crippen molar-refractivity contribution in [3.05, 3.63) is 36.5 Å². The Hall–Kier alpha value is -1.92. The molecule has 0 bridgehead atoms. The predicted octanol–water partition coefficient (Wildman–Crippen LogP) is 23.1. The van der Waals surface area contributed by atoms with Crippen molar-refractivity contribution < 1.29 is 24.5 Å². The van der Waals surface area contributed by atoms with Gasteiger partial charge in [-0.3, -0.25) is 9.59 Å². The van der Waals surface area contributed by atoms with E-state index in [0.29, 0.717) is 19.4 Å². The lowest BCUT2D eigenvalue weighted by Crippen LogP contribution is -2.45. The predicted molar refractivity (Wildman–Crippen MR) is 347 cm³/mol. The summed E-state index contributed by atoms with van der Waals surface area (Å²) in [6.45, 7) is 4.89. The summed E-state index contributed by atoms with van der Waals surface area (Å²) in [6, 6.07) is -0.625. The number of rotatable bonds is 67. The molecule has 0 aromatic rings. The minimum atomic E-state index is -0.842. The van der Waals surface area contributed by atoms with Crippen LogP contribution < -0.4 is 5.32 Å². The molecule has 466 valence electrons. The van der Waals surface area contributed by atoms with Crippen molar-refractivity contribution in [3.63, 3.8) is 0 Å². The third kappa shape index (κ3) is 65.1. The van der Waals surface area contributed by atoms with Crippen LogP contribution in [0.4, 0.5) is 0 Å². The Bertz CT molecular complexity index is 1280. The van der Waals surface area contributed by atoms with E-state index in [1.54, 1.807) is 6.08 Å². The van der Waals surface area contributed by atoms with Gasteiger partial charge in [-0.15, -0.1) is 0 Å². The van der Waals surface area contributed by atoms with Gasteiger partial charge in [-0.05, 0) is 57.8 Å². The fraction of sp³-hybridized carbons (Fsp3) is 0.890. The number of aliphatic hydroxyl groups excluding tert-OH is 2. The lowest BCUT2D eigenvalue weighted by Gasteiger charge is -2.20. The van der Waals surface area contributed by atoms with E-state index in [0.717, 1.165) is 51.4 Å². The molecule has 0 saturated heterocycles. The Kier molecular flexibility index (Phi) is 66.9. The van der Waals surface area contributed by atoms with Gasteiger partial charge in [-0.2, -0.15) is 0 Å². The van der Waals surface area contributed by atoms with Gasteiger partial charge >= 0.3 is 5.97 Å². The van der Waals surface area contributed by atoms with Gasteiger partial charge in [0.15, 0.2) is 0 Å². The van der Waals surface area contributed by atoms with Gasteiger partial charge in [0.25, 0.3) is 0 Å². The zero-order chi connectivity index (χ0) is 57.1. The first kappa shape index (κ1) is 77.1. The highest BCUT2D eigenvalue weighted by atomic mass is 16.5. The Morgan fingerprint density at radius 2 is 0.646 bits per heavy atom. The largest absolute Gasteiger partial charge is 0.466 e. The summed E-state index contributed by atoms with van der Waals surface area (Å²) >= 11 is 0. The highest BCUT2D eigenvalue weighted by Gasteiger charge is 2.18. The summed E-state index contributed by atoms with van der Waals surface area (Å²) < 4.78 is 5.48. The van der Waals surface area contributed by atoms with Gasteiger partial charge in [0, 0.05) is 12.8 Å². The molecule has 0 aliphatic carbocycles. The molecule has 6 heteroatoms. The first-order valence-corrected chi connectivity index (χ1v) is 35.8. The van der Waals surface area contributed by atoms with E-state index in [4.69, 9.17) is 4.74 Å². The molecule has 0 aliphatic heterocycles. The molecule has 0 radical (unpaired) electrons. The van der Waals surface area contributed by atoms with Gasteiger partial charge in [0.2, 0.25) is 5.91 Å². The van der Waals surface area contributed by atoms with Gasteiger partial charge in [0.05, 0.1) is 25.4 Å². The lowest BCUT2D eigenvalue weighted by molar-refractivity contribution is -0.143. The summed E-state index contributed by atoms with van der Waals surface area (Å²) in [5.41, 5.74) is 0. The SMILES string of the molecule is CCCC/C=C\C/C=C\CCCCCCCC(=O)OCCCCCCCCCCCCCCCCCCCCCCCCCCCCCCCCC(=O)NC(CO)C(O)/C=C/CCCCCCCCCCCCCCCCCC. The van der Waals surface area contributed by atoms with Crippen molar-refractivity contribution in [1.82, 2.24) is 5.32 Å². The van der Waals surface area contributed by atoms with Crippen LogP contribution in [0.5, 0.6) is 0 Å². The van der Waals surface area contributed by atoms with E-state index < -0.39 is 12.1 Å². The number of unbranched alkanes of at least 4 members (excludes halogenated alkanes) is 52. The van der Waals surface area contributed by atoms with E-state index >= 15 is 0 Å². The van der Waals surface area contributed by atoms with Crippen molar-refractivity contribution >= 4 is 11.9 Å². The monoisotopic (exact) mass is 1110 g/mol. The zero-order valence-electron chi connectivity index (χ0n) is 53.4. The number of ether oxygens (including phenoxy) is 1. The number of hydrogen-bond acceptors (Lipinski definition) is 5. The minimum absolute atomic E-state index is 0.00545. The highest BCUT2D eigenvalue weighted by molar-refractivity contribution is 5.76. The topological polar surface area (TPSA) is 95.9 Å². The number of carbonyl (C=O) groups is 2. The van der Waals surface area contributed by atoms with Crippen molar-refractivity contribution in [3.8, 4) is 0 Å². The second kappa shape index (κ2) is 68.6. The molecule has 6 nitrogen and oxygen atoms in total. The quantitative estimate of drug-likeness (QED) is 0.0320. The fourth-order valence-corrected chi connectivity index (χ4v) is 11.2. The van der Waals surface area contributed by atoms with Crippen molar-refractivity contribution in [1.29, 1.82) is 0 Å². The number of carbonyl (C=O) groups excluding carboxylic acids is 2. The fourth-order valence-electron chi connectivity index (χ4n) is 11.2. The lowest BCUT2D eigenvalue weighted by atomic mass is 10.0. The number of esters is 1. The molecule has 0 aromatic carbocycles. The van der Waals surface area contributed by atoms with Gasteiger partial charge in [-0.25, -0.2) is 0 Å². The van der Waals surface area contributed by atoms with Crippen LogP contribution in [0.15, 0.2) is 36.5 Å². The van der Waals surface area contributed by atoms with Gasteiger partial charge in [0.1, 0.15) is 0 Å². The molecule has 0 aliphatic rings. The summed E-state index contributed by atoms with van der Waals surface area (Å²) in [6.07, 6.45) is 88.0. The maximum absolute atomic E-state index is 12.5. The summed E-state index contributed by atoms with van der Waals surface area (Å²) in [4.78, 5) is 24.6. The smallest absolute Gasteiger partial charge is 0.305 e. The molecule has 0 spiro atoms. The second-order valence-electron chi connectivity index (χ2n) is 24.6. The van der Waals surface area contributed by atoms with Gasteiger partial charge in [-0.1, -0.05) is 359 Å². The summed E-state index contributed by atoms with van der Waals surface area (Å²) in [5, 5.41) is 23.2. The molecular formula is C73H139NO5. The first-order valence-electron chi connectivity index (χ1n) is 35.8. The Morgan fingerprint density at radius 1 is 0.354 bits per heavy atom. The second-order valence-corrected chi connectivity index (χ2v) is 24.6. The van der Waals surface area contributed by atoms with Crippen LogP contribution in [-0.2, 0) is 14.3 Å². The van der Waals surface area contributed by atoms with Crippen LogP contribution >= 0.6 is 0 Å². The number of allylic oxidation sites excluding steroid dienone is 5. The average Bonchev–Trinajstić information content (AvgIpc) is 3.45. The van der Waals surface area contributed by atoms with Crippen LogP contribution in [-0.4, -0.2) is 47.4 Å². The van der Waals surface area contributed by atoms with E-state index in [2.05, 4.69) is 43.5 Å². The van der Waals surface area contributed by atoms with Crippen LogP contribution in [0.2, 0.25) is 0 Å². The maximum Gasteiger partial charge on any atom is 0.305 e. The average molecular weight is 1110 g/mol. The van der Waals surface area contributed by atoms with E-state index in [-0.39, 0.29) is 18.5 Å². The van der Waals surface area contributed by atoms with E-state index in [9.17, 15) is 19.8 Å². The standard InChI is InChI=1S/C73H139NO5/c1-3-5-7-9-11-13-15-17-19-20-35-38-41-45-49-53-57-61-65-71(76)70(69-75)74-72(77)66-62-58-54-50-46-42-39-36-33-31-29-27-25-23-21-22-24-26-28-30-32-34-37-40-44-48-52-56-60-64-68-79-73(78)67-63-59-55-51-47-43-18-16-14-12-10-8-6-4-2/h10,12,16,18,61,65,70-71,75-76H,3-9,11,13-15,17,19-60,62-64,66-69H2,1-2H3,(H,74,77)/b12-10-,18-16-,65-61+. The molecule has 0 rings (SSSR count). The normalized spacial score (nSPS) is 12.7. The molecule has 1 amide bonds. The third-order valence-corrected chi connectivity index (χ3v) is 16.7. The van der Waals surface area contributed by atoms with Crippen LogP contribution in [0.1, 0.15) is 393 Å². The molecular weight excluding hydrogens is 971 g/mol. The van der Waals surface area contributed by atoms with Crippen molar-refractivity contribution in [2.45, 2.75) is 405 Å². The molecule has 2 atom stereocenters. The van der Waals surface area contributed by atoms with Gasteiger partial charge < -0.3 is 20.3 Å². The number of hydrogen-bond donors (Lipinski definition) is 3. The highest BCUT2D eigenvalue weighted by Crippen LogP contribution is 2.19. The van der Waals surface area contributed by atoms with Crippen LogP contribution in [0.25, 0.3) is 0 Å². The number of nitrogens with one attached hydrogen (secondary N) is 1. The molecule has 3 N–H and O–H groups in total. The van der Waals surface area contributed by atoms with Crippen LogP contribution in [0, 0.1) is 0 Å². The molecule has 0 heterocycles. The van der Waals surface area contributed by atoms with Crippen molar-refractivity contribution in [2.24, 2.45) is 0 Å². The van der Waals surface area contributed by atoms with Crippen LogP contribution in [0.3, 0.4) is 0 Å². The molecule has 0 aromatic heterocycles. The molecule has 2 unspecified atom stereocenters. The summed E-state index contributed by atoms with van der Waals surface area (Å²) in [7, 11) is 0. The Balaban J connectivity index is 3.36. The first-order chi connectivity index (χ1) is 39.0. The molecule has 0 fully saturated rings. The maximum atomic E-state index is 12.5. The van der Waals surface area contributed by atoms with E-state index in [1.165, 1.54) is 315 Å². The third-order valence-electron chi connectivity index (χ3n) is 16.7. The zero-order valence-corrected chi connectivity index (χ0v) is 53.4. The Labute approximate surface area is 494 Å². The Morgan fingerprint density at radius 3 is 1.00 bits per heavy atom. The molecule has 0 saturated carbocycles. The number of amides is 1. The van der Waals surface area contributed by atoms with Crippen molar-refractivity contribution in [2.75, 3.05) is 13.2 Å². The summed E-state index contributed by atoms with van der Waals surface area (Å²) in [5.74, 6) is -0.0555. The number of aliphatic hydroxyl groups is 2. The van der Waals surface area contributed by atoms with E-state index in [1.807, 2.05) is 6.08 Å².